The van der Waals surface area contributed by atoms with Gasteiger partial charge in [-0.1, -0.05) is 6.92 Å². The van der Waals surface area contributed by atoms with Crippen molar-refractivity contribution in [3.05, 3.63) is 35.5 Å². The Labute approximate surface area is 85.3 Å². The first-order valence-electron chi connectivity index (χ1n) is 4.22. The van der Waals surface area contributed by atoms with Gasteiger partial charge in [-0.25, -0.2) is 4.39 Å². The van der Waals surface area contributed by atoms with Crippen LogP contribution in [0.15, 0.2) is 18.2 Å². The summed E-state index contributed by atoms with van der Waals surface area (Å²) in [4.78, 5) is 0. The number of hydrogen-bond acceptors (Lipinski definition) is 2. The minimum Gasteiger partial charge on any atom is -0.435 e. The van der Waals surface area contributed by atoms with Crippen LogP contribution in [0.1, 0.15) is 12.5 Å². The first kappa shape index (κ1) is 11.8. The molecule has 2 nitrogen and oxygen atoms in total. The third kappa shape index (κ3) is 3.43. The van der Waals surface area contributed by atoms with Crippen molar-refractivity contribution in [2.24, 2.45) is 0 Å². The highest BCUT2D eigenvalue weighted by atomic mass is 19.3. The lowest BCUT2D eigenvalue weighted by atomic mass is 10.0. The first-order valence-corrected chi connectivity index (χ1v) is 4.22. The molecule has 15 heavy (non-hydrogen) atoms. The molecule has 0 heterocycles. The van der Waals surface area contributed by atoms with Crippen LogP contribution in [0.4, 0.5) is 13.2 Å². The van der Waals surface area contributed by atoms with E-state index in [1.165, 1.54) is 6.07 Å². The maximum Gasteiger partial charge on any atom is 0.387 e. The van der Waals surface area contributed by atoms with Crippen LogP contribution in [-0.4, -0.2) is 18.3 Å². The van der Waals surface area contributed by atoms with Crippen LogP contribution < -0.4 is 4.74 Å². The fourth-order valence-electron chi connectivity index (χ4n) is 1.07. The summed E-state index contributed by atoms with van der Waals surface area (Å²) in [5.41, 5.74) is 0.341. The summed E-state index contributed by atoms with van der Waals surface area (Å²) in [6.45, 7) is -1.69. The zero-order chi connectivity index (χ0) is 11.4. The molecule has 1 N–H and O–H groups in total. The Kier molecular flexibility index (Phi) is 3.96. The van der Waals surface area contributed by atoms with E-state index in [9.17, 15) is 13.2 Å². The summed E-state index contributed by atoms with van der Waals surface area (Å²) < 4.78 is 40.7. The quantitative estimate of drug-likeness (QED) is 0.842. The van der Waals surface area contributed by atoms with Gasteiger partial charge in [0.25, 0.3) is 0 Å². The molecule has 1 aromatic rings. The Hall–Kier alpha value is -1.23. The number of aliphatic hydroxyl groups excluding tert-OH is 1. The SMILES string of the molecule is C[C](CO)c1cc(F)cc(OC(F)F)c1. The summed E-state index contributed by atoms with van der Waals surface area (Å²) in [6.07, 6.45) is 0. The zero-order valence-electron chi connectivity index (χ0n) is 8.01. The lowest BCUT2D eigenvalue weighted by Gasteiger charge is -2.10. The summed E-state index contributed by atoms with van der Waals surface area (Å²) in [7, 11) is 0. The standard InChI is InChI=1S/C10H10F3O2/c1-6(5-14)7-2-8(11)4-9(3-7)15-10(12)13/h2-4,10,14H,5H2,1H3. The Bertz CT molecular complexity index is 328. The summed E-state index contributed by atoms with van der Waals surface area (Å²) in [6, 6.07) is 3.25. The normalized spacial score (nSPS) is 11.1. The minimum atomic E-state index is -2.99. The van der Waals surface area contributed by atoms with Crippen LogP contribution in [0.3, 0.4) is 0 Å². The molecule has 0 saturated carbocycles. The highest BCUT2D eigenvalue weighted by molar-refractivity contribution is 5.37. The van der Waals surface area contributed by atoms with Gasteiger partial charge in [-0.2, -0.15) is 8.78 Å². The van der Waals surface area contributed by atoms with Crippen molar-refractivity contribution in [2.75, 3.05) is 6.61 Å². The molecule has 0 aliphatic rings. The van der Waals surface area contributed by atoms with Gasteiger partial charge in [-0.05, 0) is 17.7 Å². The second kappa shape index (κ2) is 5.02. The van der Waals surface area contributed by atoms with Gasteiger partial charge in [-0.15, -0.1) is 0 Å². The molecule has 5 heteroatoms. The third-order valence-electron chi connectivity index (χ3n) is 1.83. The van der Waals surface area contributed by atoms with E-state index < -0.39 is 12.4 Å². The first-order chi connectivity index (χ1) is 7.02. The summed E-state index contributed by atoms with van der Waals surface area (Å²) >= 11 is 0. The number of rotatable bonds is 4. The Morgan fingerprint density at radius 1 is 1.40 bits per heavy atom. The van der Waals surface area contributed by atoms with E-state index >= 15 is 0 Å². The average Bonchev–Trinajstić information content (AvgIpc) is 2.14. The molecule has 0 bridgehead atoms. The van der Waals surface area contributed by atoms with Crippen molar-refractivity contribution in [2.45, 2.75) is 13.5 Å². The van der Waals surface area contributed by atoms with Crippen molar-refractivity contribution in [3.8, 4) is 5.75 Å². The molecule has 83 valence electrons. The number of halogens is 3. The van der Waals surface area contributed by atoms with Crippen molar-refractivity contribution in [1.82, 2.24) is 0 Å². The highest BCUT2D eigenvalue weighted by Crippen LogP contribution is 2.23. The van der Waals surface area contributed by atoms with Gasteiger partial charge in [0, 0.05) is 12.0 Å². The maximum absolute atomic E-state index is 13.0. The van der Waals surface area contributed by atoms with Crippen molar-refractivity contribution in [3.63, 3.8) is 0 Å². The van der Waals surface area contributed by atoms with Crippen molar-refractivity contribution in [1.29, 1.82) is 0 Å². The lowest BCUT2D eigenvalue weighted by Crippen LogP contribution is -2.05. The molecule has 1 aromatic carbocycles. The second-order valence-corrected chi connectivity index (χ2v) is 2.99. The van der Waals surface area contributed by atoms with Gasteiger partial charge < -0.3 is 9.84 Å². The summed E-state index contributed by atoms with van der Waals surface area (Å²) in [5, 5.41) is 8.80. The van der Waals surface area contributed by atoms with Crippen LogP contribution in [-0.2, 0) is 0 Å². The van der Waals surface area contributed by atoms with Gasteiger partial charge in [0.05, 0.1) is 6.61 Å². The maximum atomic E-state index is 13.0. The summed E-state index contributed by atoms with van der Waals surface area (Å²) in [5.74, 6) is -0.461. The van der Waals surface area contributed by atoms with Crippen LogP contribution in [0.2, 0.25) is 0 Å². The minimum absolute atomic E-state index is 0.257. The molecule has 0 unspecified atom stereocenters. The van der Waals surface area contributed by atoms with Gasteiger partial charge in [0.1, 0.15) is 11.6 Å². The van der Waals surface area contributed by atoms with Gasteiger partial charge in [0.2, 0.25) is 0 Å². The van der Waals surface area contributed by atoms with Gasteiger partial charge >= 0.3 is 6.61 Å². The number of ether oxygens (including phenoxy) is 1. The van der Waals surface area contributed by atoms with Gasteiger partial charge in [0.15, 0.2) is 0 Å². The molecule has 0 amide bonds. The number of alkyl halides is 2. The largest absolute Gasteiger partial charge is 0.435 e. The van der Waals surface area contributed by atoms with E-state index in [1.807, 2.05) is 0 Å². The molecule has 0 aromatic heterocycles. The Morgan fingerprint density at radius 3 is 2.60 bits per heavy atom. The Morgan fingerprint density at radius 2 is 2.07 bits per heavy atom. The molecule has 0 aliphatic heterocycles. The topological polar surface area (TPSA) is 29.5 Å². The number of benzene rings is 1. The number of hydrogen-bond donors (Lipinski definition) is 1. The average molecular weight is 219 g/mol. The van der Waals surface area contributed by atoms with Crippen LogP contribution in [0.5, 0.6) is 5.75 Å². The molecule has 0 aliphatic carbocycles. The van der Waals surface area contributed by atoms with E-state index in [1.54, 1.807) is 6.92 Å². The van der Waals surface area contributed by atoms with E-state index in [0.29, 0.717) is 11.5 Å². The van der Waals surface area contributed by atoms with E-state index in [-0.39, 0.29) is 12.4 Å². The fourth-order valence-corrected chi connectivity index (χ4v) is 1.07. The monoisotopic (exact) mass is 219 g/mol. The molecule has 0 atom stereocenters. The van der Waals surface area contributed by atoms with Crippen LogP contribution in [0, 0.1) is 11.7 Å². The van der Waals surface area contributed by atoms with E-state index in [4.69, 9.17) is 5.11 Å². The molecule has 1 radical (unpaired) electrons. The molecule has 0 spiro atoms. The lowest BCUT2D eigenvalue weighted by molar-refractivity contribution is -0.0500. The second-order valence-electron chi connectivity index (χ2n) is 2.99. The predicted molar refractivity (Wildman–Crippen MR) is 48.1 cm³/mol. The Balaban J connectivity index is 2.94. The van der Waals surface area contributed by atoms with Crippen molar-refractivity contribution < 1.29 is 23.0 Å². The smallest absolute Gasteiger partial charge is 0.387 e. The van der Waals surface area contributed by atoms with Gasteiger partial charge in [-0.3, -0.25) is 0 Å². The predicted octanol–water partition coefficient (Wildman–Crippen LogP) is 2.36. The molecule has 0 fully saturated rings. The zero-order valence-corrected chi connectivity index (χ0v) is 8.01. The molecule has 0 saturated heterocycles. The van der Waals surface area contributed by atoms with Crippen LogP contribution >= 0.6 is 0 Å². The van der Waals surface area contributed by atoms with E-state index in [2.05, 4.69) is 4.74 Å². The molecule has 1 rings (SSSR count). The van der Waals surface area contributed by atoms with Crippen molar-refractivity contribution >= 4 is 0 Å². The van der Waals surface area contributed by atoms with E-state index in [0.717, 1.165) is 12.1 Å². The fraction of sp³-hybridized carbons (Fsp3) is 0.300. The molecular weight excluding hydrogens is 209 g/mol. The molecular formula is C10H10F3O2. The number of aliphatic hydroxyl groups is 1. The highest BCUT2D eigenvalue weighted by Gasteiger charge is 2.11. The van der Waals surface area contributed by atoms with Crippen LogP contribution in [0.25, 0.3) is 0 Å². The third-order valence-corrected chi connectivity index (χ3v) is 1.83.